The molecule has 2 aliphatic rings. The zero-order chi connectivity index (χ0) is 20.9. The number of halogens is 1. The van der Waals surface area contributed by atoms with Crippen LogP contribution in [-0.2, 0) is 13.1 Å². The molecule has 6 heteroatoms. The number of hydrogen-bond donors (Lipinski definition) is 1. The number of amides is 2. The Bertz CT molecular complexity index is 924. The van der Waals surface area contributed by atoms with Crippen LogP contribution in [-0.4, -0.2) is 47.8 Å². The van der Waals surface area contributed by atoms with Gasteiger partial charge >= 0.3 is 0 Å². The number of nitrogens with one attached hydrogen (secondary N) is 1. The highest BCUT2D eigenvalue weighted by atomic mass is 19.1. The lowest BCUT2D eigenvalue weighted by Gasteiger charge is -2.26. The van der Waals surface area contributed by atoms with E-state index in [1.54, 1.807) is 23.1 Å². The fourth-order valence-electron chi connectivity index (χ4n) is 4.28. The van der Waals surface area contributed by atoms with E-state index < -0.39 is 0 Å². The summed E-state index contributed by atoms with van der Waals surface area (Å²) in [4.78, 5) is 29.4. The maximum Gasteiger partial charge on any atom is 0.254 e. The third-order valence-corrected chi connectivity index (χ3v) is 5.90. The zero-order valence-electron chi connectivity index (χ0n) is 17.2. The Morgan fingerprint density at radius 2 is 1.90 bits per heavy atom. The van der Waals surface area contributed by atoms with Gasteiger partial charge in [0.1, 0.15) is 5.82 Å². The van der Waals surface area contributed by atoms with Crippen molar-refractivity contribution in [1.82, 2.24) is 15.1 Å². The Kier molecular flexibility index (Phi) is 6.43. The van der Waals surface area contributed by atoms with Crippen molar-refractivity contribution in [2.24, 2.45) is 0 Å². The van der Waals surface area contributed by atoms with Crippen molar-refractivity contribution in [3.8, 4) is 0 Å². The van der Waals surface area contributed by atoms with Crippen LogP contribution in [0.1, 0.15) is 57.5 Å². The summed E-state index contributed by atoms with van der Waals surface area (Å²) in [5, 5.41) is 2.97. The first kappa shape index (κ1) is 20.5. The van der Waals surface area contributed by atoms with E-state index in [0.29, 0.717) is 30.8 Å². The van der Waals surface area contributed by atoms with E-state index in [-0.39, 0.29) is 17.6 Å². The van der Waals surface area contributed by atoms with Gasteiger partial charge in [-0.3, -0.25) is 9.59 Å². The van der Waals surface area contributed by atoms with Crippen molar-refractivity contribution in [3.63, 3.8) is 0 Å². The lowest BCUT2D eigenvalue weighted by molar-refractivity contribution is 0.0766. The van der Waals surface area contributed by atoms with Gasteiger partial charge in [0.05, 0.1) is 0 Å². The lowest BCUT2D eigenvalue weighted by Crippen LogP contribution is -2.33. The fraction of sp³-hybridized carbons (Fsp3) is 0.417. The fourth-order valence-corrected chi connectivity index (χ4v) is 4.28. The van der Waals surface area contributed by atoms with Crippen molar-refractivity contribution in [2.45, 2.75) is 38.8 Å². The van der Waals surface area contributed by atoms with E-state index in [0.717, 1.165) is 37.2 Å². The number of piperidine rings is 1. The molecule has 1 fully saturated rings. The van der Waals surface area contributed by atoms with Gasteiger partial charge in [-0.05, 0) is 74.3 Å². The Hall–Kier alpha value is -2.73. The SMILES string of the molecule is O=C(NCCCN1CCCCC1)c1ccc2c(c1)C(=O)N(Cc1cccc(F)c1)C2. The van der Waals surface area contributed by atoms with Crippen LogP contribution in [0, 0.1) is 5.82 Å². The Morgan fingerprint density at radius 1 is 1.07 bits per heavy atom. The minimum absolute atomic E-state index is 0.117. The van der Waals surface area contributed by atoms with E-state index in [1.165, 1.54) is 31.4 Å². The first-order valence-corrected chi connectivity index (χ1v) is 10.8. The largest absolute Gasteiger partial charge is 0.352 e. The van der Waals surface area contributed by atoms with Crippen LogP contribution in [0.2, 0.25) is 0 Å². The average molecular weight is 410 g/mol. The van der Waals surface area contributed by atoms with Crippen LogP contribution in [0.4, 0.5) is 4.39 Å². The molecule has 2 amide bonds. The molecule has 2 aliphatic heterocycles. The summed E-state index contributed by atoms with van der Waals surface area (Å²) in [6, 6.07) is 11.6. The number of rotatable bonds is 7. The highest BCUT2D eigenvalue weighted by Crippen LogP contribution is 2.25. The molecular weight excluding hydrogens is 381 g/mol. The number of carbonyl (C=O) groups is 2. The number of benzene rings is 2. The van der Waals surface area contributed by atoms with Gasteiger partial charge in [-0.15, -0.1) is 0 Å². The standard InChI is InChI=1S/C24H28FN3O2/c25-21-7-4-6-18(14-21)16-28-17-20-9-8-19(15-22(20)24(28)30)23(29)26-10-5-13-27-11-2-1-3-12-27/h4,6-9,14-15H,1-3,5,10-13,16-17H2,(H,26,29). The summed E-state index contributed by atoms with van der Waals surface area (Å²) in [7, 11) is 0. The van der Waals surface area contributed by atoms with Gasteiger partial charge in [0.15, 0.2) is 0 Å². The van der Waals surface area contributed by atoms with Gasteiger partial charge in [-0.25, -0.2) is 4.39 Å². The van der Waals surface area contributed by atoms with Crippen LogP contribution in [0.5, 0.6) is 0 Å². The molecule has 4 rings (SSSR count). The van der Waals surface area contributed by atoms with E-state index >= 15 is 0 Å². The third kappa shape index (κ3) is 4.87. The van der Waals surface area contributed by atoms with Crippen molar-refractivity contribution in [1.29, 1.82) is 0 Å². The van der Waals surface area contributed by atoms with Crippen molar-refractivity contribution < 1.29 is 14.0 Å². The molecule has 0 atom stereocenters. The molecule has 0 bridgehead atoms. The second kappa shape index (κ2) is 9.39. The van der Waals surface area contributed by atoms with Crippen LogP contribution >= 0.6 is 0 Å². The maximum atomic E-state index is 13.4. The molecule has 5 nitrogen and oxygen atoms in total. The van der Waals surface area contributed by atoms with E-state index in [1.807, 2.05) is 12.1 Å². The van der Waals surface area contributed by atoms with Crippen LogP contribution in [0.25, 0.3) is 0 Å². The van der Waals surface area contributed by atoms with E-state index in [4.69, 9.17) is 0 Å². The van der Waals surface area contributed by atoms with Gasteiger partial charge in [-0.1, -0.05) is 24.6 Å². The summed E-state index contributed by atoms with van der Waals surface area (Å²) in [5.74, 6) is -0.572. The molecule has 0 unspecified atom stereocenters. The van der Waals surface area contributed by atoms with Crippen molar-refractivity contribution >= 4 is 11.8 Å². The highest BCUT2D eigenvalue weighted by molar-refractivity contribution is 6.02. The van der Waals surface area contributed by atoms with Gasteiger partial charge in [0, 0.05) is 30.8 Å². The molecule has 0 aliphatic carbocycles. The normalized spacial score (nSPS) is 16.6. The highest BCUT2D eigenvalue weighted by Gasteiger charge is 2.28. The summed E-state index contributed by atoms with van der Waals surface area (Å²) >= 11 is 0. The number of fused-ring (bicyclic) bond motifs is 1. The summed E-state index contributed by atoms with van der Waals surface area (Å²) in [6.45, 7) is 4.79. The number of hydrogen-bond acceptors (Lipinski definition) is 3. The molecule has 1 N–H and O–H groups in total. The Morgan fingerprint density at radius 3 is 2.70 bits per heavy atom. The molecule has 158 valence electrons. The number of likely N-dealkylation sites (tertiary alicyclic amines) is 1. The molecule has 0 aromatic heterocycles. The van der Waals surface area contributed by atoms with Gasteiger partial charge < -0.3 is 15.1 Å². The Labute approximate surface area is 176 Å². The van der Waals surface area contributed by atoms with Crippen LogP contribution < -0.4 is 5.32 Å². The smallest absolute Gasteiger partial charge is 0.254 e. The first-order valence-electron chi connectivity index (χ1n) is 10.8. The van der Waals surface area contributed by atoms with Gasteiger partial charge in [0.2, 0.25) is 0 Å². The molecule has 1 saturated heterocycles. The average Bonchev–Trinajstić information content (AvgIpc) is 3.06. The van der Waals surface area contributed by atoms with E-state index in [2.05, 4.69) is 10.2 Å². The maximum absolute atomic E-state index is 13.4. The molecule has 30 heavy (non-hydrogen) atoms. The zero-order valence-corrected chi connectivity index (χ0v) is 17.2. The quantitative estimate of drug-likeness (QED) is 0.711. The lowest BCUT2D eigenvalue weighted by atomic mass is 10.1. The predicted molar refractivity (Wildman–Crippen MR) is 114 cm³/mol. The molecule has 2 heterocycles. The minimum Gasteiger partial charge on any atom is -0.352 e. The number of nitrogens with zero attached hydrogens (tertiary/aromatic N) is 2. The molecule has 2 aromatic carbocycles. The van der Waals surface area contributed by atoms with E-state index in [9.17, 15) is 14.0 Å². The van der Waals surface area contributed by atoms with Gasteiger partial charge in [0.25, 0.3) is 11.8 Å². The van der Waals surface area contributed by atoms with Crippen molar-refractivity contribution in [3.05, 3.63) is 70.5 Å². The second-order valence-electron chi connectivity index (χ2n) is 8.17. The van der Waals surface area contributed by atoms with Crippen LogP contribution in [0.3, 0.4) is 0 Å². The molecule has 0 spiro atoms. The summed E-state index contributed by atoms with van der Waals surface area (Å²) in [6.07, 6.45) is 4.79. The second-order valence-corrected chi connectivity index (χ2v) is 8.17. The summed E-state index contributed by atoms with van der Waals surface area (Å²) in [5.41, 5.74) is 2.72. The minimum atomic E-state index is -0.309. The van der Waals surface area contributed by atoms with Crippen LogP contribution in [0.15, 0.2) is 42.5 Å². The Balaban J connectivity index is 1.31. The monoisotopic (exact) mass is 409 g/mol. The molecule has 0 radical (unpaired) electrons. The topological polar surface area (TPSA) is 52.7 Å². The third-order valence-electron chi connectivity index (χ3n) is 5.90. The summed E-state index contributed by atoms with van der Waals surface area (Å²) < 4.78 is 13.4. The predicted octanol–water partition coefficient (Wildman–Crippen LogP) is 3.59. The number of carbonyl (C=O) groups excluding carboxylic acids is 2. The van der Waals surface area contributed by atoms with Crippen molar-refractivity contribution in [2.75, 3.05) is 26.2 Å². The molecule has 2 aromatic rings. The molecule has 0 saturated carbocycles. The molecular formula is C24H28FN3O2. The van der Waals surface area contributed by atoms with Gasteiger partial charge in [-0.2, -0.15) is 0 Å². The first-order chi connectivity index (χ1) is 14.6.